The number of aromatic nitrogens is 4. The van der Waals surface area contributed by atoms with Gasteiger partial charge in [-0.3, -0.25) is 0 Å². The molecular formula is C11H12N4O3. The molecule has 1 N–H and O–H groups in total. The Morgan fingerprint density at radius 2 is 2.22 bits per heavy atom. The van der Waals surface area contributed by atoms with Crippen molar-refractivity contribution in [1.82, 2.24) is 20.0 Å². The van der Waals surface area contributed by atoms with Crippen LogP contribution in [0, 0.1) is 0 Å². The van der Waals surface area contributed by atoms with E-state index < -0.39 is 5.97 Å². The third-order valence-corrected chi connectivity index (χ3v) is 2.49. The first-order chi connectivity index (χ1) is 8.67. The molecule has 2 rings (SSSR count). The Morgan fingerprint density at radius 1 is 1.44 bits per heavy atom. The maximum atomic E-state index is 11.0. The Hall–Kier alpha value is -2.44. The molecule has 0 radical (unpaired) electrons. The summed E-state index contributed by atoms with van der Waals surface area (Å²) in [6.45, 7) is 1.86. The van der Waals surface area contributed by atoms with Gasteiger partial charge < -0.3 is 9.84 Å². The predicted molar refractivity (Wildman–Crippen MR) is 62.0 cm³/mol. The Morgan fingerprint density at radius 3 is 2.72 bits per heavy atom. The number of hydrogen-bond donors (Lipinski definition) is 1. The van der Waals surface area contributed by atoms with Crippen molar-refractivity contribution in [2.24, 2.45) is 0 Å². The van der Waals surface area contributed by atoms with Crippen LogP contribution in [0.25, 0.3) is 5.82 Å². The van der Waals surface area contributed by atoms with Crippen LogP contribution in [0.3, 0.4) is 0 Å². The summed E-state index contributed by atoms with van der Waals surface area (Å²) >= 11 is 0. The van der Waals surface area contributed by atoms with Crippen LogP contribution in [-0.4, -0.2) is 38.2 Å². The number of nitrogens with zero attached hydrogens (tertiary/aromatic N) is 4. The van der Waals surface area contributed by atoms with Gasteiger partial charge >= 0.3 is 5.97 Å². The molecule has 2 heterocycles. The molecule has 94 valence electrons. The van der Waals surface area contributed by atoms with Crippen molar-refractivity contribution < 1.29 is 14.6 Å². The molecule has 0 amide bonds. The van der Waals surface area contributed by atoms with E-state index in [1.807, 2.05) is 6.92 Å². The molecule has 0 aliphatic heterocycles. The molecule has 0 saturated heterocycles. The van der Waals surface area contributed by atoms with Gasteiger partial charge in [0.2, 0.25) is 5.88 Å². The molecule has 0 saturated carbocycles. The molecule has 7 nitrogen and oxygen atoms in total. The van der Waals surface area contributed by atoms with Crippen LogP contribution in [0.5, 0.6) is 5.88 Å². The Kier molecular flexibility index (Phi) is 3.22. The molecule has 18 heavy (non-hydrogen) atoms. The summed E-state index contributed by atoms with van der Waals surface area (Å²) in [5, 5.41) is 20.8. The molecule has 7 heteroatoms. The molecule has 0 aliphatic carbocycles. The van der Waals surface area contributed by atoms with Gasteiger partial charge in [0, 0.05) is 6.07 Å². The molecule has 0 bridgehead atoms. The monoisotopic (exact) mass is 248 g/mol. The highest BCUT2D eigenvalue weighted by Crippen LogP contribution is 2.15. The quantitative estimate of drug-likeness (QED) is 0.865. The number of aromatic carboxylic acids is 1. The highest BCUT2D eigenvalue weighted by atomic mass is 16.5. The SMILES string of the molecule is CCc1c(C(=O)O)cnn1-c1ccc(OC)nn1. The summed E-state index contributed by atoms with van der Waals surface area (Å²) in [5.74, 6) is -0.151. The van der Waals surface area contributed by atoms with Crippen molar-refractivity contribution >= 4 is 5.97 Å². The second-order valence-corrected chi connectivity index (χ2v) is 3.51. The standard InChI is InChI=1S/C11H12N4O3/c1-3-8-7(11(16)17)6-12-15(8)9-4-5-10(18-2)14-13-9/h4-6H,3H2,1-2H3,(H,16,17). The maximum absolute atomic E-state index is 11.0. The van der Waals surface area contributed by atoms with E-state index in [2.05, 4.69) is 15.3 Å². The third-order valence-electron chi connectivity index (χ3n) is 2.49. The van der Waals surface area contributed by atoms with Gasteiger partial charge in [-0.25, -0.2) is 9.48 Å². The number of carboxylic acid groups (broad SMARTS) is 1. The van der Waals surface area contributed by atoms with Crippen molar-refractivity contribution in [3.05, 3.63) is 29.6 Å². The van der Waals surface area contributed by atoms with Crippen LogP contribution in [0.2, 0.25) is 0 Å². The normalized spacial score (nSPS) is 10.3. The van der Waals surface area contributed by atoms with Crippen LogP contribution in [0.1, 0.15) is 23.0 Å². The van der Waals surface area contributed by atoms with Crippen molar-refractivity contribution in [3.63, 3.8) is 0 Å². The van der Waals surface area contributed by atoms with Crippen molar-refractivity contribution in [3.8, 4) is 11.7 Å². The van der Waals surface area contributed by atoms with E-state index in [-0.39, 0.29) is 5.56 Å². The molecule has 0 aromatic carbocycles. The molecule has 2 aromatic heterocycles. The lowest BCUT2D eigenvalue weighted by atomic mass is 10.2. The summed E-state index contributed by atoms with van der Waals surface area (Å²) in [5.41, 5.74) is 0.761. The summed E-state index contributed by atoms with van der Waals surface area (Å²) < 4.78 is 6.38. The second kappa shape index (κ2) is 4.82. The van der Waals surface area contributed by atoms with Gasteiger partial charge in [0.05, 0.1) is 19.0 Å². The Labute approximate surface area is 103 Å². The average molecular weight is 248 g/mol. The zero-order valence-electron chi connectivity index (χ0n) is 9.99. The van der Waals surface area contributed by atoms with Gasteiger partial charge in [-0.05, 0) is 12.5 Å². The lowest BCUT2D eigenvalue weighted by molar-refractivity contribution is 0.0695. The minimum Gasteiger partial charge on any atom is -0.480 e. The topological polar surface area (TPSA) is 90.1 Å². The molecule has 0 fully saturated rings. The first-order valence-electron chi connectivity index (χ1n) is 5.35. The van der Waals surface area contributed by atoms with E-state index in [0.29, 0.717) is 23.8 Å². The highest BCUT2D eigenvalue weighted by molar-refractivity contribution is 5.88. The van der Waals surface area contributed by atoms with E-state index in [1.165, 1.54) is 18.0 Å². The molecular weight excluding hydrogens is 236 g/mol. The van der Waals surface area contributed by atoms with Gasteiger partial charge in [-0.1, -0.05) is 6.92 Å². The van der Waals surface area contributed by atoms with Crippen LogP contribution in [0.4, 0.5) is 0 Å². The lowest BCUT2D eigenvalue weighted by Gasteiger charge is -2.05. The van der Waals surface area contributed by atoms with Crippen molar-refractivity contribution in [1.29, 1.82) is 0 Å². The zero-order chi connectivity index (χ0) is 13.1. The number of methoxy groups -OCH3 is 1. The van der Waals surface area contributed by atoms with Crippen LogP contribution >= 0.6 is 0 Å². The zero-order valence-corrected chi connectivity index (χ0v) is 9.99. The molecule has 0 spiro atoms. The smallest absolute Gasteiger partial charge is 0.339 e. The van der Waals surface area contributed by atoms with Crippen LogP contribution in [-0.2, 0) is 6.42 Å². The van der Waals surface area contributed by atoms with Gasteiger partial charge in [0.25, 0.3) is 0 Å². The van der Waals surface area contributed by atoms with E-state index in [4.69, 9.17) is 9.84 Å². The molecule has 0 unspecified atom stereocenters. The fourth-order valence-electron chi connectivity index (χ4n) is 1.62. The first-order valence-corrected chi connectivity index (χ1v) is 5.35. The lowest BCUT2D eigenvalue weighted by Crippen LogP contribution is -2.08. The predicted octanol–water partition coefficient (Wildman–Crippen LogP) is 0.931. The number of carbonyl (C=O) groups is 1. The number of ether oxygens (including phenoxy) is 1. The van der Waals surface area contributed by atoms with Crippen LogP contribution < -0.4 is 4.74 Å². The average Bonchev–Trinajstić information content (AvgIpc) is 2.82. The number of rotatable bonds is 4. The van der Waals surface area contributed by atoms with Gasteiger partial charge in [-0.2, -0.15) is 5.10 Å². The Balaban J connectivity index is 2.46. The number of hydrogen-bond acceptors (Lipinski definition) is 5. The van der Waals surface area contributed by atoms with Crippen LogP contribution in [0.15, 0.2) is 18.3 Å². The maximum Gasteiger partial charge on any atom is 0.339 e. The minimum absolute atomic E-state index is 0.176. The summed E-state index contributed by atoms with van der Waals surface area (Å²) in [6, 6.07) is 3.31. The minimum atomic E-state index is -1.00. The summed E-state index contributed by atoms with van der Waals surface area (Å²) in [6.07, 6.45) is 1.85. The van der Waals surface area contributed by atoms with Gasteiger partial charge in [0.1, 0.15) is 5.56 Å². The van der Waals surface area contributed by atoms with E-state index in [0.717, 1.165) is 0 Å². The van der Waals surface area contributed by atoms with Gasteiger partial charge in [0.15, 0.2) is 5.82 Å². The largest absolute Gasteiger partial charge is 0.480 e. The fourth-order valence-corrected chi connectivity index (χ4v) is 1.62. The van der Waals surface area contributed by atoms with Crippen molar-refractivity contribution in [2.75, 3.05) is 7.11 Å². The summed E-state index contributed by atoms with van der Waals surface area (Å²) in [7, 11) is 1.50. The van der Waals surface area contributed by atoms with E-state index in [1.54, 1.807) is 12.1 Å². The van der Waals surface area contributed by atoms with E-state index in [9.17, 15) is 4.79 Å². The second-order valence-electron chi connectivity index (χ2n) is 3.51. The number of carboxylic acids is 1. The molecule has 0 aliphatic rings. The third kappa shape index (κ3) is 2.02. The van der Waals surface area contributed by atoms with Crippen molar-refractivity contribution in [2.45, 2.75) is 13.3 Å². The Bertz CT molecular complexity index is 562. The summed E-state index contributed by atoms with van der Waals surface area (Å²) in [4.78, 5) is 11.0. The highest BCUT2D eigenvalue weighted by Gasteiger charge is 2.16. The fraction of sp³-hybridized carbons (Fsp3) is 0.273. The molecule has 0 atom stereocenters. The van der Waals surface area contributed by atoms with E-state index >= 15 is 0 Å². The van der Waals surface area contributed by atoms with Gasteiger partial charge in [-0.15, -0.1) is 10.2 Å². The molecule has 2 aromatic rings. The first kappa shape index (κ1) is 12.0.